The van der Waals surface area contributed by atoms with Crippen molar-refractivity contribution < 1.29 is 23.1 Å². The fourth-order valence-corrected chi connectivity index (χ4v) is 1.21. The third kappa shape index (κ3) is 4.34. The second-order valence-corrected chi connectivity index (χ2v) is 3.38. The third-order valence-corrected chi connectivity index (χ3v) is 2.04. The number of nitrogens with one attached hydrogen (secondary N) is 1. The van der Waals surface area contributed by atoms with Gasteiger partial charge >= 0.3 is 18.4 Å². The van der Waals surface area contributed by atoms with Gasteiger partial charge in [0.15, 0.2) is 0 Å². The highest BCUT2D eigenvalue weighted by Gasteiger charge is 2.12. The van der Waals surface area contributed by atoms with E-state index in [9.17, 15) is 18.4 Å². The molecule has 0 aliphatic heterocycles. The number of nitrogens with zero attached hydrogens (tertiary/aromatic N) is 1. The number of hydrazone groups is 1. The molecule has 0 saturated heterocycles. The summed E-state index contributed by atoms with van der Waals surface area (Å²) in [6, 6.07) is 5.91. The van der Waals surface area contributed by atoms with Gasteiger partial charge in [-0.1, -0.05) is 12.1 Å². The predicted molar refractivity (Wildman–Crippen MR) is 62.6 cm³/mol. The third-order valence-electron chi connectivity index (χ3n) is 2.04. The Labute approximate surface area is 107 Å². The van der Waals surface area contributed by atoms with Crippen molar-refractivity contribution in [3.8, 4) is 5.75 Å². The highest BCUT2D eigenvalue weighted by Crippen LogP contribution is 2.20. The summed E-state index contributed by atoms with van der Waals surface area (Å²) in [5.41, 5.74) is 7.05. The van der Waals surface area contributed by atoms with Crippen LogP contribution in [0.25, 0.3) is 0 Å². The molecule has 0 aliphatic rings. The number of benzene rings is 1. The fourth-order valence-electron chi connectivity index (χ4n) is 1.21. The second kappa shape index (κ2) is 6.43. The van der Waals surface area contributed by atoms with Crippen molar-refractivity contribution in [1.82, 2.24) is 5.43 Å². The van der Waals surface area contributed by atoms with Crippen molar-refractivity contribution in [3.63, 3.8) is 0 Å². The summed E-state index contributed by atoms with van der Waals surface area (Å²) in [6.07, 6.45) is 0. The molecule has 0 aromatic heterocycles. The molecule has 0 saturated carbocycles. The van der Waals surface area contributed by atoms with Gasteiger partial charge in [-0.25, -0.2) is 5.43 Å². The van der Waals surface area contributed by atoms with E-state index < -0.39 is 18.4 Å². The number of hydrogen-bond acceptors (Lipinski definition) is 4. The largest absolute Gasteiger partial charge is 0.434 e. The monoisotopic (exact) mass is 271 g/mol. The summed E-state index contributed by atoms with van der Waals surface area (Å²) < 4.78 is 28.7. The van der Waals surface area contributed by atoms with Crippen LogP contribution in [-0.4, -0.2) is 24.1 Å². The topological polar surface area (TPSA) is 93.8 Å². The number of ether oxygens (including phenoxy) is 1. The second-order valence-electron chi connectivity index (χ2n) is 3.38. The number of alkyl halides is 2. The van der Waals surface area contributed by atoms with E-state index >= 15 is 0 Å². The Balaban J connectivity index is 2.92. The van der Waals surface area contributed by atoms with Crippen LogP contribution in [0.15, 0.2) is 29.4 Å². The molecule has 0 unspecified atom stereocenters. The maximum atomic E-state index is 12.2. The van der Waals surface area contributed by atoms with Crippen molar-refractivity contribution in [2.24, 2.45) is 10.8 Å². The molecule has 1 aromatic rings. The highest BCUT2D eigenvalue weighted by atomic mass is 19.3. The van der Waals surface area contributed by atoms with Gasteiger partial charge in [-0.15, -0.1) is 0 Å². The maximum absolute atomic E-state index is 12.2. The van der Waals surface area contributed by atoms with Gasteiger partial charge in [-0.2, -0.15) is 13.9 Å². The Kier molecular flexibility index (Phi) is 4.92. The lowest BCUT2D eigenvalue weighted by Crippen LogP contribution is -2.33. The van der Waals surface area contributed by atoms with Gasteiger partial charge in [0.1, 0.15) is 5.75 Å². The minimum Gasteiger partial charge on any atom is -0.434 e. The number of halogens is 2. The summed E-state index contributed by atoms with van der Waals surface area (Å²) in [6.45, 7) is -1.52. The normalized spacial score (nSPS) is 11.3. The van der Waals surface area contributed by atoms with Crippen LogP contribution in [0.2, 0.25) is 0 Å². The number of nitrogens with two attached hydrogens (primary N) is 1. The zero-order valence-corrected chi connectivity index (χ0v) is 9.89. The van der Waals surface area contributed by atoms with E-state index in [4.69, 9.17) is 5.73 Å². The molecule has 0 atom stereocenters. The van der Waals surface area contributed by atoms with Crippen LogP contribution in [0.4, 0.5) is 8.78 Å². The van der Waals surface area contributed by atoms with Gasteiger partial charge in [0.05, 0.1) is 5.71 Å². The number of para-hydroxylation sites is 1. The van der Waals surface area contributed by atoms with E-state index in [0.29, 0.717) is 0 Å². The standard InChI is InChI=1S/C11H11F2N3O3/c1-6(15-16-10(18)9(14)17)7-4-2-3-5-8(7)19-11(12)13/h2-5,11H,1H3,(H2,14,17)(H,16,18)/b15-6-. The maximum Gasteiger partial charge on any atom is 0.387 e. The first-order chi connectivity index (χ1) is 8.91. The van der Waals surface area contributed by atoms with Crippen molar-refractivity contribution >= 4 is 17.5 Å². The molecule has 0 spiro atoms. The summed E-state index contributed by atoms with van der Waals surface area (Å²) in [5, 5.41) is 3.57. The van der Waals surface area contributed by atoms with Crippen molar-refractivity contribution in [1.29, 1.82) is 0 Å². The van der Waals surface area contributed by atoms with E-state index in [1.807, 2.05) is 5.43 Å². The molecule has 0 fully saturated rings. The lowest BCUT2D eigenvalue weighted by molar-refractivity contribution is -0.137. The van der Waals surface area contributed by atoms with Gasteiger partial charge < -0.3 is 10.5 Å². The minimum atomic E-state index is -2.98. The van der Waals surface area contributed by atoms with Gasteiger partial charge in [-0.05, 0) is 19.1 Å². The van der Waals surface area contributed by atoms with E-state index in [1.165, 1.54) is 25.1 Å². The van der Waals surface area contributed by atoms with E-state index in [2.05, 4.69) is 9.84 Å². The predicted octanol–water partition coefficient (Wildman–Crippen LogP) is 0.613. The SMILES string of the molecule is C/C(=N/NC(=O)C(N)=O)c1ccccc1OC(F)F. The van der Waals surface area contributed by atoms with Crippen LogP contribution in [0.1, 0.15) is 12.5 Å². The Morgan fingerprint density at radius 1 is 1.37 bits per heavy atom. The number of carbonyl (C=O) groups is 2. The van der Waals surface area contributed by atoms with Crippen molar-refractivity contribution in [2.75, 3.05) is 0 Å². The number of rotatable bonds is 4. The van der Waals surface area contributed by atoms with Crippen LogP contribution in [0, 0.1) is 0 Å². The number of primary amides is 1. The molecule has 2 amide bonds. The number of amides is 2. The average Bonchev–Trinajstić information content (AvgIpc) is 2.35. The lowest BCUT2D eigenvalue weighted by atomic mass is 10.1. The van der Waals surface area contributed by atoms with Crippen LogP contribution >= 0.6 is 0 Å². The fraction of sp³-hybridized carbons (Fsp3) is 0.182. The van der Waals surface area contributed by atoms with Crippen LogP contribution in [0.3, 0.4) is 0 Å². The summed E-state index contributed by atoms with van der Waals surface area (Å²) in [4.78, 5) is 21.4. The summed E-state index contributed by atoms with van der Waals surface area (Å²) >= 11 is 0. The first-order valence-corrected chi connectivity index (χ1v) is 5.10. The van der Waals surface area contributed by atoms with E-state index in [-0.39, 0.29) is 17.0 Å². The molecule has 6 nitrogen and oxygen atoms in total. The van der Waals surface area contributed by atoms with E-state index in [0.717, 1.165) is 0 Å². The van der Waals surface area contributed by atoms with Crippen LogP contribution in [-0.2, 0) is 9.59 Å². The molecule has 8 heteroatoms. The Bertz CT molecular complexity index is 518. The molecule has 102 valence electrons. The number of hydrogen-bond donors (Lipinski definition) is 2. The molecular weight excluding hydrogens is 260 g/mol. The minimum absolute atomic E-state index is 0.0907. The average molecular weight is 271 g/mol. The molecule has 0 bridgehead atoms. The Morgan fingerprint density at radius 3 is 2.58 bits per heavy atom. The number of carbonyl (C=O) groups excluding carboxylic acids is 2. The van der Waals surface area contributed by atoms with Gasteiger partial charge in [0, 0.05) is 5.56 Å². The lowest BCUT2D eigenvalue weighted by Gasteiger charge is -2.09. The first-order valence-electron chi connectivity index (χ1n) is 5.10. The molecule has 3 N–H and O–H groups in total. The van der Waals surface area contributed by atoms with Crippen molar-refractivity contribution in [3.05, 3.63) is 29.8 Å². The Hall–Kier alpha value is -2.51. The molecule has 0 radical (unpaired) electrons. The molecular formula is C11H11F2N3O3. The van der Waals surface area contributed by atoms with Crippen LogP contribution in [0.5, 0.6) is 5.75 Å². The van der Waals surface area contributed by atoms with Crippen molar-refractivity contribution in [2.45, 2.75) is 13.5 Å². The Morgan fingerprint density at radius 2 is 2.00 bits per heavy atom. The quantitative estimate of drug-likeness (QED) is 0.477. The summed E-state index contributed by atoms with van der Waals surface area (Å²) in [7, 11) is 0. The molecule has 0 aliphatic carbocycles. The molecule has 19 heavy (non-hydrogen) atoms. The van der Waals surface area contributed by atoms with Crippen LogP contribution < -0.4 is 15.9 Å². The van der Waals surface area contributed by atoms with Gasteiger partial charge in [0.2, 0.25) is 0 Å². The zero-order valence-electron chi connectivity index (χ0n) is 9.89. The van der Waals surface area contributed by atoms with Gasteiger partial charge in [-0.3, -0.25) is 9.59 Å². The first kappa shape index (κ1) is 14.6. The molecule has 0 heterocycles. The van der Waals surface area contributed by atoms with E-state index in [1.54, 1.807) is 6.07 Å². The smallest absolute Gasteiger partial charge is 0.387 e. The zero-order chi connectivity index (χ0) is 14.4. The molecule has 1 rings (SSSR count). The molecule has 1 aromatic carbocycles. The van der Waals surface area contributed by atoms with Gasteiger partial charge in [0.25, 0.3) is 0 Å². The highest BCUT2D eigenvalue weighted by molar-refractivity contribution is 6.34. The summed E-state index contributed by atoms with van der Waals surface area (Å²) in [5.74, 6) is -2.40.